The molecular weight excluding hydrogens is 242 g/mol. The molecule has 1 N–H and O–H groups in total. The molecule has 1 aliphatic heterocycles. The Morgan fingerprint density at radius 2 is 2.18 bits per heavy atom. The number of aliphatic hydroxyl groups is 1. The van der Waals surface area contributed by atoms with Gasteiger partial charge in [-0.2, -0.15) is 0 Å². The molecule has 92 valence electrons. The van der Waals surface area contributed by atoms with Gasteiger partial charge < -0.3 is 14.7 Å². The van der Waals surface area contributed by atoms with Crippen molar-refractivity contribution in [2.45, 2.75) is 6.10 Å². The van der Waals surface area contributed by atoms with Crippen LogP contribution in [0.15, 0.2) is 24.3 Å². The highest BCUT2D eigenvalue weighted by Gasteiger charge is 2.24. The number of amides is 1. The fourth-order valence-corrected chi connectivity index (χ4v) is 1.98. The van der Waals surface area contributed by atoms with Crippen LogP contribution in [0.2, 0.25) is 5.02 Å². The first-order chi connectivity index (χ1) is 8.20. The van der Waals surface area contributed by atoms with Gasteiger partial charge in [0.1, 0.15) is 12.7 Å². The van der Waals surface area contributed by atoms with Crippen molar-refractivity contribution in [2.24, 2.45) is 0 Å². The van der Waals surface area contributed by atoms with E-state index >= 15 is 0 Å². The lowest BCUT2D eigenvalue weighted by Gasteiger charge is -2.32. The summed E-state index contributed by atoms with van der Waals surface area (Å²) in [6.07, 6.45) is -0.142. The van der Waals surface area contributed by atoms with Gasteiger partial charge in [-0.3, -0.25) is 4.79 Å². The average Bonchev–Trinajstić information content (AvgIpc) is 2.39. The van der Waals surface area contributed by atoms with Gasteiger partial charge in [-0.1, -0.05) is 23.7 Å². The maximum absolute atomic E-state index is 11.4. The number of morpholine rings is 1. The summed E-state index contributed by atoms with van der Waals surface area (Å²) in [5.41, 5.74) is 0.991. The number of hydrogen-bond donors (Lipinski definition) is 1. The van der Waals surface area contributed by atoms with E-state index in [1.165, 1.54) is 0 Å². The van der Waals surface area contributed by atoms with Gasteiger partial charge in [0.2, 0.25) is 5.91 Å². The zero-order valence-electron chi connectivity index (χ0n) is 9.30. The van der Waals surface area contributed by atoms with Gasteiger partial charge in [-0.05, 0) is 17.7 Å². The highest BCUT2D eigenvalue weighted by molar-refractivity contribution is 6.30. The van der Waals surface area contributed by atoms with Crippen LogP contribution in [-0.4, -0.2) is 42.2 Å². The summed E-state index contributed by atoms with van der Waals surface area (Å²) in [6.45, 7) is 1.04. The van der Waals surface area contributed by atoms with Crippen LogP contribution in [0.1, 0.15) is 11.7 Å². The van der Waals surface area contributed by atoms with Gasteiger partial charge in [-0.25, -0.2) is 0 Å². The zero-order valence-corrected chi connectivity index (χ0v) is 10.1. The van der Waals surface area contributed by atoms with E-state index in [-0.39, 0.29) is 12.0 Å². The molecule has 0 aromatic heterocycles. The molecule has 0 saturated carbocycles. The molecule has 17 heavy (non-hydrogen) atoms. The third kappa shape index (κ3) is 2.97. The summed E-state index contributed by atoms with van der Waals surface area (Å²) in [6, 6.07) is 7.37. The Morgan fingerprint density at radius 1 is 1.47 bits per heavy atom. The van der Waals surface area contributed by atoms with Crippen LogP contribution < -0.4 is 0 Å². The fourth-order valence-electron chi connectivity index (χ4n) is 1.85. The molecule has 0 bridgehead atoms. The highest BCUT2D eigenvalue weighted by Crippen LogP contribution is 2.23. The molecule has 1 amide bonds. The first-order valence-corrected chi connectivity index (χ1v) is 5.84. The number of carbonyl (C=O) groups excluding carboxylic acids is 1. The molecule has 5 heteroatoms. The number of nitrogens with zero attached hydrogens (tertiary/aromatic N) is 1. The van der Waals surface area contributed by atoms with E-state index in [2.05, 4.69) is 0 Å². The van der Waals surface area contributed by atoms with Gasteiger partial charge in [0, 0.05) is 11.6 Å². The zero-order chi connectivity index (χ0) is 12.3. The summed E-state index contributed by atoms with van der Waals surface area (Å²) in [5.74, 6) is -0.257. The third-order valence-corrected chi connectivity index (χ3v) is 3.05. The second kappa shape index (κ2) is 5.49. The van der Waals surface area contributed by atoms with Crippen molar-refractivity contribution in [3.8, 4) is 0 Å². The lowest BCUT2D eigenvalue weighted by Crippen LogP contribution is -2.43. The van der Waals surface area contributed by atoms with E-state index in [4.69, 9.17) is 21.4 Å². The smallest absolute Gasteiger partial charge is 0.248 e. The first-order valence-electron chi connectivity index (χ1n) is 5.46. The fraction of sp³-hybridized carbons (Fsp3) is 0.417. The van der Waals surface area contributed by atoms with E-state index < -0.39 is 6.61 Å². The van der Waals surface area contributed by atoms with Crippen LogP contribution in [0.25, 0.3) is 0 Å². The molecule has 1 atom stereocenters. The van der Waals surface area contributed by atoms with Gasteiger partial charge in [-0.15, -0.1) is 0 Å². The Kier molecular flexibility index (Phi) is 3.99. The minimum Gasteiger partial charge on any atom is -0.387 e. The molecule has 1 unspecified atom stereocenters. The third-order valence-electron chi connectivity index (χ3n) is 2.80. The molecule has 1 aromatic rings. The second-order valence-electron chi connectivity index (χ2n) is 3.91. The molecule has 0 radical (unpaired) electrons. The molecule has 1 aliphatic rings. The number of rotatable bonds is 2. The molecule has 0 spiro atoms. The Morgan fingerprint density at radius 3 is 2.82 bits per heavy atom. The van der Waals surface area contributed by atoms with Crippen molar-refractivity contribution in [3.05, 3.63) is 34.9 Å². The number of benzene rings is 1. The minimum atomic E-state index is -0.451. The van der Waals surface area contributed by atoms with Crippen LogP contribution in [0.3, 0.4) is 0 Å². The SMILES string of the molecule is O=C(CO)N1CCOC(c2ccc(Cl)cc2)C1. The van der Waals surface area contributed by atoms with E-state index in [1.54, 1.807) is 17.0 Å². The van der Waals surface area contributed by atoms with Crippen molar-refractivity contribution in [1.82, 2.24) is 4.90 Å². The predicted octanol–water partition coefficient (Wildman–Crippen LogP) is 1.23. The van der Waals surface area contributed by atoms with Crippen molar-refractivity contribution in [1.29, 1.82) is 0 Å². The van der Waals surface area contributed by atoms with Crippen LogP contribution >= 0.6 is 11.6 Å². The van der Waals surface area contributed by atoms with Gasteiger partial charge in [0.05, 0.1) is 13.2 Å². The largest absolute Gasteiger partial charge is 0.387 e. The number of hydrogen-bond acceptors (Lipinski definition) is 3. The summed E-state index contributed by atoms with van der Waals surface area (Å²) in [7, 11) is 0. The van der Waals surface area contributed by atoms with Crippen molar-refractivity contribution < 1.29 is 14.6 Å². The monoisotopic (exact) mass is 255 g/mol. The highest BCUT2D eigenvalue weighted by atomic mass is 35.5. The van der Waals surface area contributed by atoms with Gasteiger partial charge >= 0.3 is 0 Å². The van der Waals surface area contributed by atoms with Crippen molar-refractivity contribution in [2.75, 3.05) is 26.3 Å². The maximum Gasteiger partial charge on any atom is 0.248 e. The molecular formula is C12H14ClNO3. The van der Waals surface area contributed by atoms with E-state index in [1.807, 2.05) is 12.1 Å². The van der Waals surface area contributed by atoms with Gasteiger partial charge in [0.25, 0.3) is 0 Å². The molecule has 1 fully saturated rings. The summed E-state index contributed by atoms with van der Waals surface area (Å²) < 4.78 is 5.61. The molecule has 0 aliphatic carbocycles. The quantitative estimate of drug-likeness (QED) is 0.865. The van der Waals surface area contributed by atoms with E-state index in [0.717, 1.165) is 5.56 Å². The molecule has 2 rings (SSSR count). The molecule has 1 heterocycles. The molecule has 1 saturated heterocycles. The van der Waals surface area contributed by atoms with Crippen molar-refractivity contribution in [3.63, 3.8) is 0 Å². The minimum absolute atomic E-state index is 0.142. The standard InChI is InChI=1S/C12H14ClNO3/c13-10-3-1-9(2-4-10)11-7-14(5-6-17-11)12(16)8-15/h1-4,11,15H,5-8H2. The first kappa shape index (κ1) is 12.4. The number of halogens is 1. The number of ether oxygens (including phenoxy) is 1. The number of aliphatic hydroxyl groups excluding tert-OH is 1. The average molecular weight is 256 g/mol. The Bertz CT molecular complexity index is 393. The Balaban J connectivity index is 2.06. The van der Waals surface area contributed by atoms with Crippen LogP contribution in [0, 0.1) is 0 Å². The predicted molar refractivity (Wildman–Crippen MR) is 63.8 cm³/mol. The van der Waals surface area contributed by atoms with E-state index in [0.29, 0.717) is 24.7 Å². The maximum atomic E-state index is 11.4. The Hall–Kier alpha value is -1.10. The van der Waals surface area contributed by atoms with Gasteiger partial charge in [0.15, 0.2) is 0 Å². The summed E-state index contributed by atoms with van der Waals surface area (Å²) in [5, 5.41) is 9.50. The van der Waals surface area contributed by atoms with Crippen LogP contribution in [0.4, 0.5) is 0 Å². The topological polar surface area (TPSA) is 49.8 Å². The lowest BCUT2D eigenvalue weighted by atomic mass is 10.1. The summed E-state index contributed by atoms with van der Waals surface area (Å²) in [4.78, 5) is 13.0. The molecule has 1 aromatic carbocycles. The lowest BCUT2D eigenvalue weighted by molar-refractivity contribution is -0.141. The van der Waals surface area contributed by atoms with Crippen molar-refractivity contribution >= 4 is 17.5 Å². The number of carbonyl (C=O) groups is 1. The van der Waals surface area contributed by atoms with Crippen LogP contribution in [0.5, 0.6) is 0 Å². The molecule has 4 nitrogen and oxygen atoms in total. The second-order valence-corrected chi connectivity index (χ2v) is 4.35. The van der Waals surface area contributed by atoms with E-state index in [9.17, 15) is 4.79 Å². The summed E-state index contributed by atoms with van der Waals surface area (Å²) >= 11 is 5.81. The normalized spacial score (nSPS) is 20.4. The van der Waals surface area contributed by atoms with Crippen LogP contribution in [-0.2, 0) is 9.53 Å². The Labute approximate surface area is 105 Å².